The van der Waals surface area contributed by atoms with Gasteiger partial charge in [-0.05, 0) is 24.5 Å². The Balaban J connectivity index is 2.32. The van der Waals surface area contributed by atoms with E-state index in [0.29, 0.717) is 0 Å². The van der Waals surface area contributed by atoms with Crippen LogP contribution in [0.4, 0.5) is 0 Å². The molecule has 2 aromatic rings. The first kappa shape index (κ1) is 10.6. The van der Waals surface area contributed by atoms with E-state index in [1.54, 1.807) is 6.33 Å². The smallest absolute Gasteiger partial charge is 0.124 e. The minimum atomic E-state index is 0.835. The molecule has 2 rings (SSSR count). The third kappa shape index (κ3) is 2.38. The van der Waals surface area contributed by atoms with Crippen LogP contribution in [0.3, 0.4) is 0 Å². The fraction of sp³-hybridized carbons (Fsp3) is 0.286. The van der Waals surface area contributed by atoms with Crippen molar-refractivity contribution >= 4 is 10.9 Å². The number of benzene rings is 1. The van der Waals surface area contributed by atoms with Gasteiger partial charge in [0.1, 0.15) is 12.0 Å². The summed E-state index contributed by atoms with van der Waals surface area (Å²) >= 11 is 0. The Kier molecular flexibility index (Phi) is 3.50. The van der Waals surface area contributed by atoms with Crippen LogP contribution in [0.15, 0.2) is 30.6 Å². The summed E-state index contributed by atoms with van der Waals surface area (Å²) in [6.07, 6.45) is 4.84. The van der Waals surface area contributed by atoms with Crippen LogP contribution < -0.4 is 0 Å². The zero-order chi connectivity index (χ0) is 11.2. The highest BCUT2D eigenvalue weighted by Gasteiger charge is 1.98. The zero-order valence-electron chi connectivity index (χ0n) is 9.40. The summed E-state index contributed by atoms with van der Waals surface area (Å²) in [5.74, 6) is 6.28. The Hall–Kier alpha value is -1.88. The molecule has 0 aliphatic rings. The van der Waals surface area contributed by atoms with Crippen LogP contribution >= 0.6 is 0 Å². The topological polar surface area (TPSA) is 25.8 Å². The maximum atomic E-state index is 4.22. The van der Waals surface area contributed by atoms with Crippen LogP contribution in [-0.2, 0) is 0 Å². The minimum Gasteiger partial charge on any atom is -0.236 e. The molecule has 1 aromatic heterocycles. The maximum Gasteiger partial charge on any atom is 0.124 e. The van der Waals surface area contributed by atoms with Crippen molar-refractivity contribution in [3.05, 3.63) is 36.3 Å². The Labute approximate surface area is 95.7 Å². The first-order valence-electron chi connectivity index (χ1n) is 5.60. The van der Waals surface area contributed by atoms with E-state index in [2.05, 4.69) is 28.7 Å². The predicted octanol–water partition coefficient (Wildman–Crippen LogP) is 3.17. The van der Waals surface area contributed by atoms with Crippen molar-refractivity contribution in [3.8, 4) is 11.8 Å². The lowest BCUT2D eigenvalue weighted by atomic mass is 10.2. The standard InChI is InChI=1S/C14H14N2/c1-2-3-4-5-9-13-12-8-6-7-10-14(12)16-11-15-13/h6-8,10-11H,2-4H2,1H3. The molecule has 0 saturated carbocycles. The monoisotopic (exact) mass is 210 g/mol. The van der Waals surface area contributed by atoms with Crippen LogP contribution in [0.1, 0.15) is 31.9 Å². The van der Waals surface area contributed by atoms with Gasteiger partial charge < -0.3 is 0 Å². The quantitative estimate of drug-likeness (QED) is 0.562. The molecular formula is C14H14N2. The zero-order valence-corrected chi connectivity index (χ0v) is 9.40. The fourth-order valence-corrected chi connectivity index (χ4v) is 1.52. The largest absolute Gasteiger partial charge is 0.236 e. The van der Waals surface area contributed by atoms with Crippen molar-refractivity contribution < 1.29 is 0 Å². The number of aromatic nitrogens is 2. The predicted molar refractivity (Wildman–Crippen MR) is 65.9 cm³/mol. The normalized spacial score (nSPS) is 9.81. The third-order valence-corrected chi connectivity index (χ3v) is 2.40. The second-order valence-electron chi connectivity index (χ2n) is 3.64. The summed E-state index contributed by atoms with van der Waals surface area (Å²) in [5.41, 5.74) is 1.79. The molecule has 0 aliphatic heterocycles. The molecule has 1 aromatic carbocycles. The number of nitrogens with zero attached hydrogens (tertiary/aromatic N) is 2. The van der Waals surface area contributed by atoms with Gasteiger partial charge in [-0.1, -0.05) is 31.4 Å². The van der Waals surface area contributed by atoms with E-state index >= 15 is 0 Å². The van der Waals surface area contributed by atoms with Gasteiger partial charge in [0.05, 0.1) is 5.52 Å². The number of hydrogen-bond donors (Lipinski definition) is 0. The van der Waals surface area contributed by atoms with E-state index < -0.39 is 0 Å². The number of hydrogen-bond acceptors (Lipinski definition) is 2. The van der Waals surface area contributed by atoms with Crippen LogP contribution in [0.2, 0.25) is 0 Å². The number of unbranched alkanes of at least 4 members (excludes halogenated alkanes) is 2. The van der Waals surface area contributed by atoms with Crippen LogP contribution in [0.25, 0.3) is 10.9 Å². The fourth-order valence-electron chi connectivity index (χ4n) is 1.52. The molecule has 1 heterocycles. The first-order valence-corrected chi connectivity index (χ1v) is 5.60. The highest BCUT2D eigenvalue weighted by Crippen LogP contribution is 2.12. The highest BCUT2D eigenvalue weighted by atomic mass is 14.8. The molecular weight excluding hydrogens is 196 g/mol. The molecule has 0 fully saturated rings. The molecule has 0 aliphatic carbocycles. The molecule has 80 valence electrons. The van der Waals surface area contributed by atoms with Gasteiger partial charge in [0, 0.05) is 11.8 Å². The van der Waals surface area contributed by atoms with E-state index in [1.165, 1.54) is 6.42 Å². The minimum absolute atomic E-state index is 0.835. The average Bonchev–Trinajstić information content (AvgIpc) is 2.35. The van der Waals surface area contributed by atoms with Gasteiger partial charge in [-0.15, -0.1) is 0 Å². The molecule has 2 heteroatoms. The van der Waals surface area contributed by atoms with Crippen LogP contribution in [0, 0.1) is 11.8 Å². The average molecular weight is 210 g/mol. The molecule has 0 N–H and O–H groups in total. The van der Waals surface area contributed by atoms with Crippen LogP contribution in [-0.4, -0.2) is 9.97 Å². The lowest BCUT2D eigenvalue weighted by molar-refractivity contribution is 0.828. The third-order valence-electron chi connectivity index (χ3n) is 2.40. The molecule has 2 nitrogen and oxygen atoms in total. The van der Waals surface area contributed by atoms with E-state index in [1.807, 2.05) is 24.3 Å². The molecule has 0 spiro atoms. The van der Waals surface area contributed by atoms with Crippen molar-refractivity contribution in [2.75, 3.05) is 0 Å². The summed E-state index contributed by atoms with van der Waals surface area (Å²) in [4.78, 5) is 8.43. The van der Waals surface area contributed by atoms with Crippen molar-refractivity contribution in [1.82, 2.24) is 9.97 Å². The number of rotatable bonds is 2. The van der Waals surface area contributed by atoms with Crippen molar-refractivity contribution in [3.63, 3.8) is 0 Å². The van der Waals surface area contributed by atoms with Gasteiger partial charge >= 0.3 is 0 Å². The van der Waals surface area contributed by atoms with E-state index in [-0.39, 0.29) is 0 Å². The second kappa shape index (κ2) is 5.27. The van der Waals surface area contributed by atoms with Gasteiger partial charge in [-0.25, -0.2) is 9.97 Å². The Bertz CT molecular complexity index is 530. The van der Waals surface area contributed by atoms with Gasteiger partial charge in [0.2, 0.25) is 0 Å². The van der Waals surface area contributed by atoms with Crippen LogP contribution in [0.5, 0.6) is 0 Å². The first-order chi connectivity index (χ1) is 7.92. The Morgan fingerprint density at radius 2 is 2.06 bits per heavy atom. The summed E-state index contributed by atoms with van der Waals surface area (Å²) in [5, 5.41) is 1.04. The molecule has 0 radical (unpaired) electrons. The molecule has 0 amide bonds. The highest BCUT2D eigenvalue weighted by molar-refractivity contribution is 5.82. The maximum absolute atomic E-state index is 4.22. The van der Waals surface area contributed by atoms with Crippen molar-refractivity contribution in [2.24, 2.45) is 0 Å². The van der Waals surface area contributed by atoms with Gasteiger partial charge in [-0.3, -0.25) is 0 Å². The second-order valence-corrected chi connectivity index (χ2v) is 3.64. The van der Waals surface area contributed by atoms with E-state index in [4.69, 9.17) is 0 Å². The summed E-state index contributed by atoms with van der Waals surface area (Å²) in [7, 11) is 0. The van der Waals surface area contributed by atoms with Gasteiger partial charge in [0.25, 0.3) is 0 Å². The van der Waals surface area contributed by atoms with Gasteiger partial charge in [0.15, 0.2) is 0 Å². The van der Waals surface area contributed by atoms with E-state index in [9.17, 15) is 0 Å². The molecule has 0 bridgehead atoms. The Morgan fingerprint density at radius 1 is 1.19 bits per heavy atom. The van der Waals surface area contributed by atoms with E-state index in [0.717, 1.165) is 29.4 Å². The van der Waals surface area contributed by atoms with Crippen molar-refractivity contribution in [2.45, 2.75) is 26.2 Å². The molecule has 16 heavy (non-hydrogen) atoms. The molecule has 0 atom stereocenters. The van der Waals surface area contributed by atoms with Gasteiger partial charge in [-0.2, -0.15) is 0 Å². The molecule has 0 saturated heterocycles. The SMILES string of the molecule is CCCCC#Cc1ncnc2ccccc12. The summed E-state index contributed by atoms with van der Waals surface area (Å²) in [6, 6.07) is 7.96. The Morgan fingerprint density at radius 3 is 2.94 bits per heavy atom. The number of fused-ring (bicyclic) bond motifs is 1. The van der Waals surface area contributed by atoms with Crippen molar-refractivity contribution in [1.29, 1.82) is 0 Å². The molecule has 0 unspecified atom stereocenters. The lowest BCUT2D eigenvalue weighted by Crippen LogP contribution is -1.87. The summed E-state index contributed by atoms with van der Waals surface area (Å²) in [6.45, 7) is 2.17. The lowest BCUT2D eigenvalue weighted by Gasteiger charge is -1.97. The number of para-hydroxylation sites is 1. The summed E-state index contributed by atoms with van der Waals surface area (Å²) < 4.78 is 0.